The molecule has 0 heterocycles. The Balaban J connectivity index is 1.56. The summed E-state index contributed by atoms with van der Waals surface area (Å²) in [6.45, 7) is 2.27. The van der Waals surface area contributed by atoms with E-state index in [0.29, 0.717) is 5.56 Å². The quantitative estimate of drug-likeness (QED) is 0.845. The first-order valence-corrected chi connectivity index (χ1v) is 9.83. The van der Waals surface area contributed by atoms with Crippen LogP contribution in [0.4, 0.5) is 5.69 Å². The minimum absolute atomic E-state index is 0.0340. The number of hydrogen-bond acceptors (Lipinski definition) is 2. The van der Waals surface area contributed by atoms with E-state index in [4.69, 9.17) is 0 Å². The normalized spacial score (nSPS) is 24.5. The van der Waals surface area contributed by atoms with Crippen LogP contribution in [0.2, 0.25) is 0 Å². The first kappa shape index (κ1) is 18.0. The molecular weight excluding hydrogens is 312 g/mol. The molecule has 1 aromatic carbocycles. The maximum atomic E-state index is 12.5. The van der Waals surface area contributed by atoms with Crippen LogP contribution in [-0.4, -0.2) is 17.9 Å². The molecule has 0 atom stereocenters. The number of benzene rings is 1. The lowest BCUT2D eigenvalue weighted by Gasteiger charge is -2.27. The first-order valence-electron chi connectivity index (χ1n) is 9.83. The van der Waals surface area contributed by atoms with Crippen molar-refractivity contribution in [3.8, 4) is 0 Å². The Morgan fingerprint density at radius 1 is 0.960 bits per heavy atom. The fourth-order valence-electron chi connectivity index (χ4n) is 4.02. The van der Waals surface area contributed by atoms with Crippen molar-refractivity contribution in [2.24, 2.45) is 11.8 Å². The molecule has 2 aliphatic carbocycles. The Morgan fingerprint density at radius 3 is 2.40 bits per heavy atom. The lowest BCUT2D eigenvalue weighted by atomic mass is 9.87. The molecule has 0 aliphatic heterocycles. The first-order chi connectivity index (χ1) is 12.1. The fraction of sp³-hybridized carbons (Fsp3) is 0.619. The highest BCUT2D eigenvalue weighted by atomic mass is 16.2. The van der Waals surface area contributed by atoms with Gasteiger partial charge < -0.3 is 10.6 Å². The number of hydrogen-bond donors (Lipinski definition) is 2. The number of carbonyl (C=O) groups is 2. The average molecular weight is 342 g/mol. The van der Waals surface area contributed by atoms with Gasteiger partial charge in [-0.15, -0.1) is 0 Å². The zero-order valence-electron chi connectivity index (χ0n) is 15.2. The highest BCUT2D eigenvalue weighted by Crippen LogP contribution is 2.26. The van der Waals surface area contributed by atoms with E-state index in [2.05, 4.69) is 17.6 Å². The molecule has 3 rings (SSSR count). The minimum Gasteiger partial charge on any atom is -0.349 e. The highest BCUT2D eigenvalue weighted by Gasteiger charge is 2.22. The van der Waals surface area contributed by atoms with E-state index in [1.807, 2.05) is 18.2 Å². The topological polar surface area (TPSA) is 58.2 Å². The molecule has 0 bridgehead atoms. The number of rotatable bonds is 4. The molecule has 4 nitrogen and oxygen atoms in total. The van der Waals surface area contributed by atoms with E-state index in [0.717, 1.165) is 50.1 Å². The predicted octanol–water partition coefficient (Wildman–Crippen LogP) is 4.51. The van der Waals surface area contributed by atoms with Gasteiger partial charge in [-0.3, -0.25) is 9.59 Å². The van der Waals surface area contributed by atoms with Gasteiger partial charge in [-0.25, -0.2) is 0 Å². The summed E-state index contributed by atoms with van der Waals surface area (Å²) < 4.78 is 0. The Labute approximate surface area is 150 Å². The van der Waals surface area contributed by atoms with Crippen molar-refractivity contribution in [3.63, 3.8) is 0 Å². The van der Waals surface area contributed by atoms with E-state index in [9.17, 15) is 9.59 Å². The summed E-state index contributed by atoms with van der Waals surface area (Å²) in [6.07, 6.45) is 9.96. The second-order valence-electron chi connectivity index (χ2n) is 7.84. The second-order valence-corrected chi connectivity index (χ2v) is 7.84. The minimum atomic E-state index is -0.0340. The van der Waals surface area contributed by atoms with Crippen LogP contribution in [0.15, 0.2) is 24.3 Å². The van der Waals surface area contributed by atoms with Crippen LogP contribution in [0.1, 0.15) is 75.1 Å². The van der Waals surface area contributed by atoms with Crippen LogP contribution in [0.25, 0.3) is 0 Å². The van der Waals surface area contributed by atoms with Crippen molar-refractivity contribution in [1.82, 2.24) is 5.32 Å². The van der Waals surface area contributed by atoms with Gasteiger partial charge in [-0.2, -0.15) is 0 Å². The van der Waals surface area contributed by atoms with E-state index in [1.54, 1.807) is 6.07 Å². The number of anilines is 1. The van der Waals surface area contributed by atoms with Gasteiger partial charge in [0.1, 0.15) is 0 Å². The summed E-state index contributed by atoms with van der Waals surface area (Å²) in [6, 6.07) is 7.59. The summed E-state index contributed by atoms with van der Waals surface area (Å²) >= 11 is 0. The molecule has 0 unspecified atom stereocenters. The Kier molecular flexibility index (Phi) is 6.11. The summed E-state index contributed by atoms with van der Waals surface area (Å²) in [5, 5.41) is 6.15. The largest absolute Gasteiger partial charge is 0.349 e. The lowest BCUT2D eigenvalue weighted by Crippen LogP contribution is -2.37. The Bertz CT molecular complexity index is 600. The zero-order chi connectivity index (χ0) is 17.6. The van der Waals surface area contributed by atoms with Gasteiger partial charge in [0.05, 0.1) is 0 Å². The molecule has 4 heteroatoms. The van der Waals surface area contributed by atoms with Gasteiger partial charge in [0.2, 0.25) is 5.91 Å². The molecule has 0 saturated heterocycles. The van der Waals surface area contributed by atoms with Gasteiger partial charge >= 0.3 is 0 Å². The average Bonchev–Trinajstić information content (AvgIpc) is 2.64. The summed E-state index contributed by atoms with van der Waals surface area (Å²) in [7, 11) is 0. The SMILES string of the molecule is CC1CCC(NC(=O)c2cccc(NC(=O)C3CCCCC3)c2)CC1. The van der Waals surface area contributed by atoms with E-state index in [1.165, 1.54) is 19.3 Å². The van der Waals surface area contributed by atoms with Gasteiger partial charge in [0, 0.05) is 23.2 Å². The molecule has 1 aromatic rings. The third-order valence-corrected chi connectivity index (χ3v) is 5.72. The van der Waals surface area contributed by atoms with Crippen LogP contribution >= 0.6 is 0 Å². The molecule has 2 saturated carbocycles. The molecule has 136 valence electrons. The van der Waals surface area contributed by atoms with Crippen LogP contribution in [0.5, 0.6) is 0 Å². The maximum Gasteiger partial charge on any atom is 0.251 e. The monoisotopic (exact) mass is 342 g/mol. The third kappa shape index (κ3) is 5.07. The molecule has 0 radical (unpaired) electrons. The summed E-state index contributed by atoms with van der Waals surface area (Å²) in [4.78, 5) is 24.9. The smallest absolute Gasteiger partial charge is 0.251 e. The van der Waals surface area contributed by atoms with Crippen molar-refractivity contribution >= 4 is 17.5 Å². The second kappa shape index (κ2) is 8.50. The van der Waals surface area contributed by atoms with E-state index in [-0.39, 0.29) is 23.8 Å². The van der Waals surface area contributed by atoms with Crippen LogP contribution < -0.4 is 10.6 Å². The zero-order valence-corrected chi connectivity index (χ0v) is 15.2. The summed E-state index contributed by atoms with van der Waals surface area (Å²) in [5.41, 5.74) is 1.35. The highest BCUT2D eigenvalue weighted by molar-refractivity contribution is 5.97. The molecule has 0 aromatic heterocycles. The molecule has 2 amide bonds. The van der Waals surface area contributed by atoms with Crippen molar-refractivity contribution < 1.29 is 9.59 Å². The third-order valence-electron chi connectivity index (χ3n) is 5.72. The van der Waals surface area contributed by atoms with Gasteiger partial charge in [0.15, 0.2) is 0 Å². The van der Waals surface area contributed by atoms with E-state index < -0.39 is 0 Å². The fourth-order valence-corrected chi connectivity index (χ4v) is 4.02. The molecule has 2 fully saturated rings. The number of amides is 2. The van der Waals surface area contributed by atoms with Crippen LogP contribution in [-0.2, 0) is 4.79 Å². The maximum absolute atomic E-state index is 12.5. The standard InChI is InChI=1S/C21H30N2O2/c1-15-10-12-18(13-11-15)22-21(25)17-8-5-9-19(14-17)23-20(24)16-6-3-2-4-7-16/h5,8-9,14-16,18H,2-4,6-7,10-13H2,1H3,(H,22,25)(H,23,24). The predicted molar refractivity (Wildman–Crippen MR) is 101 cm³/mol. The van der Waals surface area contributed by atoms with Crippen molar-refractivity contribution in [2.75, 3.05) is 5.32 Å². The Morgan fingerprint density at radius 2 is 1.68 bits per heavy atom. The van der Waals surface area contributed by atoms with Gasteiger partial charge in [0.25, 0.3) is 5.91 Å². The molecule has 2 aliphatic rings. The molecule has 0 spiro atoms. The van der Waals surface area contributed by atoms with Crippen molar-refractivity contribution in [1.29, 1.82) is 0 Å². The Hall–Kier alpha value is -1.84. The lowest BCUT2D eigenvalue weighted by molar-refractivity contribution is -0.120. The van der Waals surface area contributed by atoms with Crippen molar-refractivity contribution in [2.45, 2.75) is 70.8 Å². The number of carbonyl (C=O) groups excluding carboxylic acids is 2. The van der Waals surface area contributed by atoms with E-state index >= 15 is 0 Å². The molecule has 25 heavy (non-hydrogen) atoms. The van der Waals surface area contributed by atoms with Crippen LogP contribution in [0, 0.1) is 11.8 Å². The van der Waals surface area contributed by atoms with Gasteiger partial charge in [-0.05, 0) is 62.6 Å². The number of nitrogens with one attached hydrogen (secondary N) is 2. The van der Waals surface area contributed by atoms with Crippen LogP contribution in [0.3, 0.4) is 0 Å². The summed E-state index contributed by atoms with van der Waals surface area (Å²) in [5.74, 6) is 0.953. The van der Waals surface area contributed by atoms with Crippen molar-refractivity contribution in [3.05, 3.63) is 29.8 Å². The molecule has 2 N–H and O–H groups in total. The molecular formula is C21H30N2O2. The van der Waals surface area contributed by atoms with Gasteiger partial charge in [-0.1, -0.05) is 32.3 Å².